The lowest BCUT2D eigenvalue weighted by Crippen LogP contribution is -2.28. The Balaban J connectivity index is 3.26. The number of esters is 1. The topological polar surface area (TPSA) is 64.3 Å². The van der Waals surface area contributed by atoms with E-state index in [1.807, 2.05) is 6.92 Å². The minimum Gasteiger partial charge on any atom is -0.469 e. The standard InChI is InChI=1S/C9H20N2O2/c1-8(9(12)13-2)7-11-6-4-3-5-10/h8,11H,3-7,10H2,1-2H3. The highest BCUT2D eigenvalue weighted by atomic mass is 16.5. The summed E-state index contributed by atoms with van der Waals surface area (Å²) in [6, 6.07) is 0. The number of ether oxygens (including phenoxy) is 1. The predicted molar refractivity (Wildman–Crippen MR) is 52.3 cm³/mol. The van der Waals surface area contributed by atoms with Crippen molar-refractivity contribution in [3.63, 3.8) is 0 Å². The van der Waals surface area contributed by atoms with E-state index in [0.29, 0.717) is 6.54 Å². The fourth-order valence-electron chi connectivity index (χ4n) is 0.997. The molecule has 0 heterocycles. The van der Waals surface area contributed by atoms with E-state index >= 15 is 0 Å². The Morgan fingerprint density at radius 1 is 1.54 bits per heavy atom. The molecule has 3 N–H and O–H groups in total. The lowest BCUT2D eigenvalue weighted by atomic mass is 10.2. The van der Waals surface area contributed by atoms with E-state index in [1.165, 1.54) is 7.11 Å². The molecular weight excluding hydrogens is 168 g/mol. The molecular formula is C9H20N2O2. The Morgan fingerprint density at radius 3 is 2.77 bits per heavy atom. The summed E-state index contributed by atoms with van der Waals surface area (Å²) in [6.07, 6.45) is 2.09. The summed E-state index contributed by atoms with van der Waals surface area (Å²) in [7, 11) is 1.41. The van der Waals surface area contributed by atoms with Gasteiger partial charge in [0.05, 0.1) is 13.0 Å². The van der Waals surface area contributed by atoms with Gasteiger partial charge in [0.15, 0.2) is 0 Å². The van der Waals surface area contributed by atoms with Crippen molar-refractivity contribution >= 4 is 5.97 Å². The lowest BCUT2D eigenvalue weighted by molar-refractivity contribution is -0.144. The van der Waals surface area contributed by atoms with Crippen molar-refractivity contribution in [1.82, 2.24) is 5.32 Å². The van der Waals surface area contributed by atoms with E-state index < -0.39 is 0 Å². The second-order valence-electron chi connectivity index (χ2n) is 3.12. The SMILES string of the molecule is COC(=O)C(C)CNCCCCN. The average molecular weight is 188 g/mol. The maximum absolute atomic E-state index is 10.9. The van der Waals surface area contributed by atoms with E-state index in [1.54, 1.807) is 0 Å². The molecule has 0 aromatic carbocycles. The molecule has 0 spiro atoms. The molecule has 0 amide bonds. The minimum atomic E-state index is -0.161. The number of unbranched alkanes of at least 4 members (excludes halogenated alkanes) is 1. The first-order chi connectivity index (χ1) is 6.22. The van der Waals surface area contributed by atoms with Crippen LogP contribution in [0.25, 0.3) is 0 Å². The molecule has 0 aliphatic heterocycles. The fourth-order valence-corrected chi connectivity index (χ4v) is 0.997. The molecule has 13 heavy (non-hydrogen) atoms. The number of hydrogen-bond donors (Lipinski definition) is 2. The van der Waals surface area contributed by atoms with Gasteiger partial charge in [0.1, 0.15) is 0 Å². The van der Waals surface area contributed by atoms with Gasteiger partial charge >= 0.3 is 5.97 Å². The van der Waals surface area contributed by atoms with Gasteiger partial charge in [-0.3, -0.25) is 4.79 Å². The molecule has 0 aromatic heterocycles. The molecule has 0 fully saturated rings. The molecule has 78 valence electrons. The van der Waals surface area contributed by atoms with Gasteiger partial charge in [-0.2, -0.15) is 0 Å². The van der Waals surface area contributed by atoms with Crippen LogP contribution in [0.4, 0.5) is 0 Å². The summed E-state index contributed by atoms with van der Waals surface area (Å²) in [6.45, 7) is 4.17. The van der Waals surface area contributed by atoms with Gasteiger partial charge in [-0.25, -0.2) is 0 Å². The molecule has 0 bridgehead atoms. The quantitative estimate of drug-likeness (QED) is 0.440. The van der Waals surface area contributed by atoms with E-state index in [0.717, 1.165) is 25.9 Å². The van der Waals surface area contributed by atoms with Gasteiger partial charge in [-0.05, 0) is 25.9 Å². The number of nitrogens with two attached hydrogens (primary N) is 1. The number of carbonyl (C=O) groups excluding carboxylic acids is 1. The Labute approximate surface area is 79.8 Å². The highest BCUT2D eigenvalue weighted by molar-refractivity contribution is 5.71. The van der Waals surface area contributed by atoms with E-state index in [4.69, 9.17) is 5.73 Å². The van der Waals surface area contributed by atoms with Crippen LogP contribution in [0, 0.1) is 5.92 Å². The van der Waals surface area contributed by atoms with Crippen molar-refractivity contribution in [2.75, 3.05) is 26.7 Å². The molecule has 0 aliphatic rings. The van der Waals surface area contributed by atoms with Crippen molar-refractivity contribution in [1.29, 1.82) is 0 Å². The van der Waals surface area contributed by atoms with Crippen LogP contribution in [0.3, 0.4) is 0 Å². The molecule has 0 saturated heterocycles. The van der Waals surface area contributed by atoms with Crippen molar-refractivity contribution in [3.05, 3.63) is 0 Å². The smallest absolute Gasteiger partial charge is 0.309 e. The Hall–Kier alpha value is -0.610. The summed E-state index contributed by atoms with van der Waals surface area (Å²) in [5, 5.41) is 3.18. The minimum absolute atomic E-state index is 0.0668. The van der Waals surface area contributed by atoms with E-state index in [-0.39, 0.29) is 11.9 Å². The summed E-state index contributed by atoms with van der Waals surface area (Å²) < 4.78 is 4.59. The Morgan fingerprint density at radius 2 is 2.23 bits per heavy atom. The third-order valence-electron chi connectivity index (χ3n) is 1.86. The van der Waals surface area contributed by atoms with Crippen LogP contribution in [0.2, 0.25) is 0 Å². The van der Waals surface area contributed by atoms with Gasteiger partial charge in [0.2, 0.25) is 0 Å². The number of nitrogens with one attached hydrogen (secondary N) is 1. The number of carbonyl (C=O) groups is 1. The molecule has 4 heteroatoms. The highest BCUT2D eigenvalue weighted by Gasteiger charge is 2.11. The molecule has 0 saturated carbocycles. The van der Waals surface area contributed by atoms with Crippen LogP contribution in [0.1, 0.15) is 19.8 Å². The van der Waals surface area contributed by atoms with Gasteiger partial charge in [-0.15, -0.1) is 0 Å². The van der Waals surface area contributed by atoms with E-state index in [2.05, 4.69) is 10.1 Å². The molecule has 4 nitrogen and oxygen atoms in total. The fraction of sp³-hybridized carbons (Fsp3) is 0.889. The van der Waals surface area contributed by atoms with Gasteiger partial charge in [0.25, 0.3) is 0 Å². The first-order valence-corrected chi connectivity index (χ1v) is 4.71. The average Bonchev–Trinajstić information content (AvgIpc) is 2.16. The highest BCUT2D eigenvalue weighted by Crippen LogP contribution is 1.95. The van der Waals surface area contributed by atoms with Crippen molar-refractivity contribution in [2.24, 2.45) is 11.7 Å². The third-order valence-corrected chi connectivity index (χ3v) is 1.86. The molecule has 1 unspecified atom stereocenters. The van der Waals surface area contributed by atoms with Gasteiger partial charge in [-0.1, -0.05) is 6.92 Å². The lowest BCUT2D eigenvalue weighted by Gasteiger charge is -2.09. The second-order valence-corrected chi connectivity index (χ2v) is 3.12. The molecule has 0 aliphatic carbocycles. The summed E-state index contributed by atoms with van der Waals surface area (Å²) in [4.78, 5) is 10.9. The summed E-state index contributed by atoms with van der Waals surface area (Å²) in [5.41, 5.74) is 5.34. The first-order valence-electron chi connectivity index (χ1n) is 4.71. The maximum atomic E-state index is 10.9. The van der Waals surface area contributed by atoms with Crippen molar-refractivity contribution < 1.29 is 9.53 Å². The first kappa shape index (κ1) is 12.4. The van der Waals surface area contributed by atoms with E-state index in [9.17, 15) is 4.79 Å². The summed E-state index contributed by atoms with van der Waals surface area (Å²) in [5.74, 6) is -0.228. The number of methoxy groups -OCH3 is 1. The van der Waals surface area contributed by atoms with Crippen LogP contribution in [-0.2, 0) is 9.53 Å². The van der Waals surface area contributed by atoms with Gasteiger partial charge < -0.3 is 15.8 Å². The van der Waals surface area contributed by atoms with Crippen molar-refractivity contribution in [3.8, 4) is 0 Å². The van der Waals surface area contributed by atoms with Crippen LogP contribution in [0.5, 0.6) is 0 Å². The molecule has 0 aromatic rings. The third kappa shape index (κ3) is 6.54. The zero-order chi connectivity index (χ0) is 10.1. The Kier molecular flexibility index (Phi) is 7.63. The van der Waals surface area contributed by atoms with Crippen molar-refractivity contribution in [2.45, 2.75) is 19.8 Å². The Bertz CT molecular complexity index is 140. The monoisotopic (exact) mass is 188 g/mol. The number of hydrogen-bond acceptors (Lipinski definition) is 4. The molecule has 0 radical (unpaired) electrons. The predicted octanol–water partition coefficient (Wildman–Crippen LogP) is 0.124. The number of rotatable bonds is 7. The van der Waals surface area contributed by atoms with Crippen LogP contribution in [0.15, 0.2) is 0 Å². The zero-order valence-electron chi connectivity index (χ0n) is 8.51. The van der Waals surface area contributed by atoms with Gasteiger partial charge in [0, 0.05) is 6.54 Å². The maximum Gasteiger partial charge on any atom is 0.309 e. The second kappa shape index (κ2) is 8.01. The summed E-state index contributed by atoms with van der Waals surface area (Å²) >= 11 is 0. The van der Waals surface area contributed by atoms with Crippen LogP contribution in [-0.4, -0.2) is 32.7 Å². The van der Waals surface area contributed by atoms with Crippen LogP contribution < -0.4 is 11.1 Å². The molecule has 0 rings (SSSR count). The normalized spacial score (nSPS) is 12.5. The van der Waals surface area contributed by atoms with Crippen LogP contribution >= 0.6 is 0 Å². The molecule has 1 atom stereocenters. The largest absolute Gasteiger partial charge is 0.469 e. The zero-order valence-corrected chi connectivity index (χ0v) is 8.51.